The molecular weight excluding hydrogens is 325 g/mol. The fourth-order valence-electron chi connectivity index (χ4n) is 1.50. The number of amides is 1. The molecule has 1 amide bonds. The summed E-state index contributed by atoms with van der Waals surface area (Å²) in [7, 11) is 0. The lowest BCUT2D eigenvalue weighted by Crippen LogP contribution is -2.38. The Morgan fingerprint density at radius 2 is 2.06 bits per heavy atom. The Hall–Kier alpha value is -0.250. The molecule has 0 N–H and O–H groups in total. The molecule has 5 heteroatoms. The van der Waals surface area contributed by atoms with Crippen molar-refractivity contribution in [3.8, 4) is 0 Å². The van der Waals surface area contributed by atoms with Crippen LogP contribution in [0.1, 0.15) is 24.2 Å². The molecule has 0 saturated carbocycles. The van der Waals surface area contributed by atoms with E-state index in [2.05, 4.69) is 15.9 Å². The summed E-state index contributed by atoms with van der Waals surface area (Å²) >= 11 is 15.2. The molecule has 2 nitrogen and oxygen atoms in total. The van der Waals surface area contributed by atoms with Crippen molar-refractivity contribution in [2.24, 2.45) is 0 Å². The van der Waals surface area contributed by atoms with Crippen LogP contribution >= 0.6 is 39.1 Å². The summed E-state index contributed by atoms with van der Waals surface area (Å²) in [6, 6.07) is 5.05. The van der Waals surface area contributed by atoms with Gasteiger partial charge in [0.25, 0.3) is 5.91 Å². The van der Waals surface area contributed by atoms with Gasteiger partial charge in [0.2, 0.25) is 0 Å². The van der Waals surface area contributed by atoms with Crippen LogP contribution in [0.2, 0.25) is 10.0 Å². The molecule has 17 heavy (non-hydrogen) atoms. The summed E-state index contributed by atoms with van der Waals surface area (Å²) in [6.45, 7) is 4.60. The number of alkyl halides is 1. The maximum Gasteiger partial charge on any atom is 0.255 e. The summed E-state index contributed by atoms with van der Waals surface area (Å²) in [4.78, 5) is 14.1. The maximum absolute atomic E-state index is 12.3. The zero-order valence-corrected chi connectivity index (χ0v) is 12.8. The molecule has 94 valence electrons. The molecule has 0 aliphatic rings. The molecule has 0 aromatic heterocycles. The van der Waals surface area contributed by atoms with Crippen molar-refractivity contribution >= 4 is 45.0 Å². The zero-order chi connectivity index (χ0) is 13.0. The van der Waals surface area contributed by atoms with Crippen molar-refractivity contribution < 1.29 is 4.79 Å². The van der Waals surface area contributed by atoms with Gasteiger partial charge in [0.1, 0.15) is 0 Å². The summed E-state index contributed by atoms with van der Waals surface area (Å²) < 4.78 is 0. The van der Waals surface area contributed by atoms with Gasteiger partial charge in [-0.2, -0.15) is 0 Å². The Bertz CT molecular complexity index is 409. The minimum Gasteiger partial charge on any atom is -0.335 e. The van der Waals surface area contributed by atoms with Crippen LogP contribution in [0, 0.1) is 0 Å². The van der Waals surface area contributed by atoms with Crippen molar-refractivity contribution in [3.05, 3.63) is 33.8 Å². The van der Waals surface area contributed by atoms with E-state index in [9.17, 15) is 4.79 Å². The van der Waals surface area contributed by atoms with Crippen molar-refractivity contribution in [3.63, 3.8) is 0 Å². The molecule has 0 aliphatic carbocycles. The Balaban J connectivity index is 3.01. The maximum atomic E-state index is 12.3. The number of hydrogen-bond donors (Lipinski definition) is 0. The fourth-order valence-corrected chi connectivity index (χ4v) is 2.37. The monoisotopic (exact) mass is 337 g/mol. The van der Waals surface area contributed by atoms with Crippen molar-refractivity contribution in [1.29, 1.82) is 0 Å². The second-order valence-electron chi connectivity index (χ2n) is 3.91. The van der Waals surface area contributed by atoms with Gasteiger partial charge in [0, 0.05) is 22.9 Å². The van der Waals surface area contributed by atoms with E-state index in [0.717, 1.165) is 5.33 Å². The Kier molecular flexibility index (Phi) is 5.77. The largest absolute Gasteiger partial charge is 0.335 e. The minimum atomic E-state index is -0.0684. The number of carbonyl (C=O) groups is 1. The predicted octanol–water partition coefficient (Wildman–Crippen LogP) is 4.24. The quantitative estimate of drug-likeness (QED) is 0.752. The fraction of sp³-hybridized carbons (Fsp3) is 0.417. The Morgan fingerprint density at radius 1 is 1.41 bits per heavy atom. The topological polar surface area (TPSA) is 20.3 Å². The second-order valence-corrected chi connectivity index (χ2v) is 5.54. The lowest BCUT2D eigenvalue weighted by molar-refractivity contribution is 0.0719. The molecule has 0 aliphatic heterocycles. The normalized spacial score (nSPS) is 10.7. The molecular formula is C12H14BrCl2NO. The van der Waals surface area contributed by atoms with Gasteiger partial charge in [0.15, 0.2) is 0 Å². The van der Waals surface area contributed by atoms with Crippen LogP contribution < -0.4 is 0 Å². The highest BCUT2D eigenvalue weighted by molar-refractivity contribution is 9.09. The smallest absolute Gasteiger partial charge is 0.255 e. The highest BCUT2D eigenvalue weighted by Crippen LogP contribution is 2.23. The molecule has 0 spiro atoms. The van der Waals surface area contributed by atoms with Gasteiger partial charge in [0.05, 0.1) is 10.6 Å². The first-order valence-electron chi connectivity index (χ1n) is 5.29. The van der Waals surface area contributed by atoms with Gasteiger partial charge in [-0.3, -0.25) is 4.79 Å². The lowest BCUT2D eigenvalue weighted by atomic mass is 10.1. The van der Waals surface area contributed by atoms with E-state index >= 15 is 0 Å². The molecule has 1 rings (SSSR count). The molecule has 1 aromatic carbocycles. The Morgan fingerprint density at radius 3 is 2.53 bits per heavy atom. The second kappa shape index (κ2) is 6.62. The van der Waals surface area contributed by atoms with Gasteiger partial charge in [-0.1, -0.05) is 39.1 Å². The van der Waals surface area contributed by atoms with Crippen LogP contribution in [0.3, 0.4) is 0 Å². The SMILES string of the molecule is CC(C)N(CCBr)C(=O)c1ccc(Cl)cc1Cl. The molecule has 0 unspecified atom stereocenters. The predicted molar refractivity (Wildman–Crippen MR) is 76.4 cm³/mol. The molecule has 1 aromatic rings. The van der Waals surface area contributed by atoms with E-state index in [1.54, 1.807) is 23.1 Å². The number of rotatable bonds is 4. The standard InChI is InChI=1S/C12H14BrCl2NO/c1-8(2)16(6-5-13)12(17)10-4-3-9(14)7-11(10)15/h3-4,7-8H,5-6H2,1-2H3. The zero-order valence-electron chi connectivity index (χ0n) is 9.71. The number of nitrogens with zero attached hydrogens (tertiary/aromatic N) is 1. The van der Waals surface area contributed by atoms with E-state index in [1.165, 1.54) is 0 Å². The highest BCUT2D eigenvalue weighted by Gasteiger charge is 2.20. The molecule has 0 fully saturated rings. The summed E-state index contributed by atoms with van der Waals surface area (Å²) in [5.41, 5.74) is 0.491. The first-order chi connectivity index (χ1) is 7.97. The lowest BCUT2D eigenvalue weighted by Gasteiger charge is -2.26. The average Bonchev–Trinajstić information content (AvgIpc) is 2.24. The van der Waals surface area contributed by atoms with Crippen molar-refractivity contribution in [2.75, 3.05) is 11.9 Å². The van der Waals surface area contributed by atoms with Crippen molar-refractivity contribution in [1.82, 2.24) is 4.90 Å². The number of hydrogen-bond acceptors (Lipinski definition) is 1. The molecule has 0 bridgehead atoms. The third-order valence-corrected chi connectivity index (χ3v) is 3.27. The van der Waals surface area contributed by atoms with Crippen LogP contribution in [-0.2, 0) is 0 Å². The third-order valence-electron chi connectivity index (χ3n) is 2.37. The summed E-state index contributed by atoms with van der Waals surface area (Å²) in [5, 5.41) is 1.66. The van der Waals surface area contributed by atoms with Crippen LogP contribution in [-0.4, -0.2) is 28.7 Å². The number of carbonyl (C=O) groups excluding carboxylic acids is 1. The van der Waals surface area contributed by atoms with Crippen LogP contribution in [0.4, 0.5) is 0 Å². The number of halogens is 3. The van der Waals surface area contributed by atoms with Gasteiger partial charge in [-0.15, -0.1) is 0 Å². The van der Waals surface area contributed by atoms with Crippen molar-refractivity contribution in [2.45, 2.75) is 19.9 Å². The molecule has 0 radical (unpaired) electrons. The molecule has 0 heterocycles. The van der Waals surface area contributed by atoms with Gasteiger partial charge in [-0.05, 0) is 32.0 Å². The van der Waals surface area contributed by atoms with Crippen LogP contribution in [0.25, 0.3) is 0 Å². The average molecular weight is 339 g/mol. The summed E-state index contributed by atoms with van der Waals surface area (Å²) in [5.74, 6) is -0.0684. The van der Waals surface area contributed by atoms with E-state index in [-0.39, 0.29) is 11.9 Å². The Labute approximate surface area is 120 Å². The summed E-state index contributed by atoms with van der Waals surface area (Å²) in [6.07, 6.45) is 0. The first kappa shape index (κ1) is 14.8. The third kappa shape index (κ3) is 3.87. The van der Waals surface area contributed by atoms with E-state index in [0.29, 0.717) is 22.2 Å². The molecule has 0 saturated heterocycles. The minimum absolute atomic E-state index is 0.0684. The number of benzene rings is 1. The molecule has 0 atom stereocenters. The first-order valence-corrected chi connectivity index (χ1v) is 7.17. The van der Waals surface area contributed by atoms with Gasteiger partial charge >= 0.3 is 0 Å². The van der Waals surface area contributed by atoms with Gasteiger partial charge in [-0.25, -0.2) is 0 Å². The van der Waals surface area contributed by atoms with E-state index < -0.39 is 0 Å². The van der Waals surface area contributed by atoms with E-state index in [1.807, 2.05) is 13.8 Å². The van der Waals surface area contributed by atoms with Crippen LogP contribution in [0.15, 0.2) is 18.2 Å². The van der Waals surface area contributed by atoms with Gasteiger partial charge < -0.3 is 4.90 Å². The van der Waals surface area contributed by atoms with Crippen LogP contribution in [0.5, 0.6) is 0 Å². The van der Waals surface area contributed by atoms with E-state index in [4.69, 9.17) is 23.2 Å². The highest BCUT2D eigenvalue weighted by atomic mass is 79.9.